The molecule has 1 aromatic rings. The third-order valence-electron chi connectivity index (χ3n) is 3.32. The summed E-state index contributed by atoms with van der Waals surface area (Å²) >= 11 is 3.84. The molecular formula is C14H21N3O2S2. The maximum absolute atomic E-state index is 11.9. The second-order valence-corrected chi connectivity index (χ2v) is 7.35. The lowest BCUT2D eigenvalue weighted by molar-refractivity contribution is 0.0525. The molecule has 0 radical (unpaired) electrons. The smallest absolute Gasteiger partial charge is 0.343 e. The van der Waals surface area contributed by atoms with E-state index in [9.17, 15) is 4.79 Å². The Morgan fingerprint density at radius 3 is 2.67 bits per heavy atom. The largest absolute Gasteiger partial charge is 0.462 e. The molecule has 2 N–H and O–H groups in total. The predicted molar refractivity (Wildman–Crippen MR) is 88.9 cm³/mol. The quantitative estimate of drug-likeness (QED) is 0.852. The van der Waals surface area contributed by atoms with Gasteiger partial charge in [0.2, 0.25) is 0 Å². The van der Waals surface area contributed by atoms with Gasteiger partial charge in [0.1, 0.15) is 17.2 Å². The van der Waals surface area contributed by atoms with E-state index in [1.165, 1.54) is 0 Å². The topological polar surface area (TPSA) is 78.1 Å². The van der Waals surface area contributed by atoms with Gasteiger partial charge in [0.25, 0.3) is 0 Å². The lowest BCUT2D eigenvalue weighted by atomic mass is 10.2. The van der Waals surface area contributed by atoms with Gasteiger partial charge in [-0.3, -0.25) is 0 Å². The van der Waals surface area contributed by atoms with Crippen molar-refractivity contribution in [3.63, 3.8) is 0 Å². The third-order valence-corrected chi connectivity index (χ3v) is 6.56. The molecular weight excluding hydrogens is 306 g/mol. The first-order valence-electron chi connectivity index (χ1n) is 7.12. The summed E-state index contributed by atoms with van der Waals surface area (Å²) in [6, 6.07) is 0. The Bertz CT molecular complexity index is 502. The molecule has 0 amide bonds. The van der Waals surface area contributed by atoms with Crippen molar-refractivity contribution in [2.75, 3.05) is 23.8 Å². The summed E-state index contributed by atoms with van der Waals surface area (Å²) in [4.78, 5) is 20.8. The van der Waals surface area contributed by atoms with E-state index in [1.54, 1.807) is 13.8 Å². The van der Waals surface area contributed by atoms with Crippen molar-refractivity contribution >= 4 is 35.3 Å². The number of hydrogen-bond donors (Lipinski definition) is 1. The minimum Gasteiger partial charge on any atom is -0.462 e. The number of aromatic nitrogens is 2. The molecule has 2 atom stereocenters. The number of nitrogen functional groups attached to an aromatic ring is 1. The molecule has 0 bridgehead atoms. The fourth-order valence-electron chi connectivity index (χ4n) is 2.34. The number of ether oxygens (including phenoxy) is 1. The van der Waals surface area contributed by atoms with Crippen molar-refractivity contribution in [2.24, 2.45) is 0 Å². The second-order valence-electron chi connectivity index (χ2n) is 4.76. The number of esters is 1. The molecule has 7 heteroatoms. The first-order chi connectivity index (χ1) is 10.1. The Morgan fingerprint density at radius 1 is 1.33 bits per heavy atom. The lowest BCUT2D eigenvalue weighted by Gasteiger charge is -2.29. The minimum absolute atomic E-state index is 0.224. The maximum Gasteiger partial charge on any atom is 0.343 e. The third kappa shape index (κ3) is 3.63. The molecule has 2 heterocycles. The Labute approximate surface area is 133 Å². The Balaban J connectivity index is 2.32. The Hall–Kier alpha value is -0.950. The van der Waals surface area contributed by atoms with Crippen molar-refractivity contribution in [1.82, 2.24) is 9.97 Å². The van der Waals surface area contributed by atoms with Crippen LogP contribution in [0.2, 0.25) is 0 Å². The van der Waals surface area contributed by atoms with Crippen LogP contribution in [-0.4, -0.2) is 39.3 Å². The van der Waals surface area contributed by atoms with Gasteiger partial charge in [0.05, 0.1) is 17.6 Å². The molecule has 1 saturated heterocycles. The van der Waals surface area contributed by atoms with Crippen LogP contribution in [0.5, 0.6) is 0 Å². The van der Waals surface area contributed by atoms with Gasteiger partial charge in [-0.25, -0.2) is 14.8 Å². The SMILES string of the molecule is CCOC(=O)c1c(C)nc(C2SCCSC2CC)nc1N. The van der Waals surface area contributed by atoms with E-state index in [2.05, 4.69) is 16.9 Å². The number of hydrogen-bond acceptors (Lipinski definition) is 7. The van der Waals surface area contributed by atoms with Crippen LogP contribution >= 0.6 is 23.5 Å². The molecule has 1 aliphatic rings. The van der Waals surface area contributed by atoms with Crippen LogP contribution < -0.4 is 5.73 Å². The van der Waals surface area contributed by atoms with E-state index in [0.717, 1.165) is 23.8 Å². The summed E-state index contributed by atoms with van der Waals surface area (Å²) in [5, 5.41) is 0.738. The number of aryl methyl sites for hydroxylation is 1. The van der Waals surface area contributed by atoms with Gasteiger partial charge in [-0.05, 0) is 20.3 Å². The van der Waals surface area contributed by atoms with E-state index < -0.39 is 5.97 Å². The van der Waals surface area contributed by atoms with Crippen LogP contribution in [-0.2, 0) is 4.74 Å². The molecule has 21 heavy (non-hydrogen) atoms. The average Bonchev–Trinajstić information content (AvgIpc) is 2.46. The van der Waals surface area contributed by atoms with Crippen molar-refractivity contribution in [3.05, 3.63) is 17.1 Å². The van der Waals surface area contributed by atoms with Gasteiger partial charge in [-0.15, -0.1) is 11.8 Å². The number of nitrogens with zero attached hydrogens (tertiary/aromatic N) is 2. The van der Waals surface area contributed by atoms with Gasteiger partial charge >= 0.3 is 5.97 Å². The fraction of sp³-hybridized carbons (Fsp3) is 0.643. The zero-order valence-corrected chi connectivity index (χ0v) is 14.2. The molecule has 1 aliphatic heterocycles. The van der Waals surface area contributed by atoms with Crippen LogP contribution in [0, 0.1) is 6.92 Å². The van der Waals surface area contributed by atoms with Gasteiger partial charge in [0.15, 0.2) is 0 Å². The highest BCUT2D eigenvalue weighted by Gasteiger charge is 2.30. The highest BCUT2D eigenvalue weighted by Crippen LogP contribution is 2.43. The molecule has 0 saturated carbocycles. The van der Waals surface area contributed by atoms with E-state index in [1.807, 2.05) is 23.5 Å². The number of rotatable bonds is 4. The van der Waals surface area contributed by atoms with Crippen molar-refractivity contribution in [1.29, 1.82) is 0 Å². The molecule has 0 aromatic carbocycles. The molecule has 116 valence electrons. The standard InChI is InChI=1S/C14H21N3O2S2/c1-4-9-11(21-7-6-20-9)13-16-8(3)10(12(15)17-13)14(18)19-5-2/h9,11H,4-7H2,1-3H3,(H2,15,16,17). The van der Waals surface area contributed by atoms with Gasteiger partial charge in [-0.1, -0.05) is 6.92 Å². The highest BCUT2D eigenvalue weighted by atomic mass is 32.2. The minimum atomic E-state index is -0.447. The zero-order chi connectivity index (χ0) is 15.4. The summed E-state index contributed by atoms with van der Waals surface area (Å²) in [7, 11) is 0. The van der Waals surface area contributed by atoms with Gasteiger partial charge < -0.3 is 10.5 Å². The summed E-state index contributed by atoms with van der Waals surface area (Å²) in [6.45, 7) is 6.04. The summed E-state index contributed by atoms with van der Waals surface area (Å²) < 4.78 is 5.01. The van der Waals surface area contributed by atoms with Crippen LogP contribution in [0.3, 0.4) is 0 Å². The lowest BCUT2D eigenvalue weighted by Crippen LogP contribution is -2.22. The Kier molecular flexibility index (Phi) is 5.75. The zero-order valence-electron chi connectivity index (χ0n) is 12.6. The van der Waals surface area contributed by atoms with Crippen LogP contribution in [0.15, 0.2) is 0 Å². The fourth-order valence-corrected chi connectivity index (χ4v) is 5.33. The first-order valence-corrected chi connectivity index (χ1v) is 9.22. The number of anilines is 1. The molecule has 5 nitrogen and oxygen atoms in total. The summed E-state index contributed by atoms with van der Waals surface area (Å²) in [5.41, 5.74) is 6.87. The molecule has 1 aromatic heterocycles. The number of carbonyl (C=O) groups excluding carboxylic acids is 1. The molecule has 0 spiro atoms. The number of nitrogens with two attached hydrogens (primary N) is 1. The first kappa shape index (κ1) is 16.4. The van der Waals surface area contributed by atoms with Gasteiger partial charge in [-0.2, -0.15) is 11.8 Å². The number of carbonyl (C=O) groups is 1. The highest BCUT2D eigenvalue weighted by molar-refractivity contribution is 8.06. The van der Waals surface area contributed by atoms with Gasteiger partial charge in [0, 0.05) is 16.8 Å². The number of thioether (sulfide) groups is 2. The van der Waals surface area contributed by atoms with Crippen LogP contribution in [0.1, 0.15) is 47.4 Å². The molecule has 2 rings (SSSR count). The predicted octanol–water partition coefficient (Wildman–Crippen LogP) is 2.84. The Morgan fingerprint density at radius 2 is 2.05 bits per heavy atom. The normalized spacial score (nSPS) is 22.0. The van der Waals surface area contributed by atoms with Crippen molar-refractivity contribution in [3.8, 4) is 0 Å². The summed E-state index contributed by atoms with van der Waals surface area (Å²) in [6.07, 6.45) is 1.07. The van der Waals surface area contributed by atoms with Crippen molar-refractivity contribution < 1.29 is 9.53 Å². The van der Waals surface area contributed by atoms with E-state index in [4.69, 9.17) is 10.5 Å². The molecule has 2 unspecified atom stereocenters. The van der Waals surface area contributed by atoms with Crippen LogP contribution in [0.25, 0.3) is 0 Å². The summed E-state index contributed by atoms with van der Waals surface area (Å²) in [5.74, 6) is 2.77. The molecule has 0 aliphatic carbocycles. The van der Waals surface area contributed by atoms with Crippen LogP contribution in [0.4, 0.5) is 5.82 Å². The maximum atomic E-state index is 11.9. The second kappa shape index (κ2) is 7.35. The molecule has 1 fully saturated rings. The van der Waals surface area contributed by atoms with Crippen molar-refractivity contribution in [2.45, 2.75) is 37.7 Å². The van der Waals surface area contributed by atoms with E-state index in [-0.39, 0.29) is 11.1 Å². The van der Waals surface area contributed by atoms with E-state index >= 15 is 0 Å². The monoisotopic (exact) mass is 327 g/mol. The average molecular weight is 327 g/mol. The van der Waals surface area contributed by atoms with E-state index in [0.29, 0.717) is 23.1 Å².